The zero-order chi connectivity index (χ0) is 39.4. The summed E-state index contributed by atoms with van der Waals surface area (Å²) in [6, 6.07) is 9.03. The number of aromatic nitrogens is 3. The van der Waals surface area contributed by atoms with Crippen molar-refractivity contribution in [2.45, 2.75) is 68.8 Å². The number of fused-ring (bicyclic) bond motifs is 2. The second kappa shape index (κ2) is 14.4. The molecule has 0 bridgehead atoms. The van der Waals surface area contributed by atoms with E-state index in [2.05, 4.69) is 25.6 Å². The van der Waals surface area contributed by atoms with Crippen LogP contribution in [-0.2, 0) is 9.59 Å². The second-order valence-corrected chi connectivity index (χ2v) is 15.5. The fourth-order valence-electron chi connectivity index (χ4n) is 8.15. The third kappa shape index (κ3) is 6.96. The quantitative estimate of drug-likeness (QED) is 0.122. The molecule has 0 radical (unpaired) electrons. The van der Waals surface area contributed by atoms with Crippen LogP contribution in [0.2, 0.25) is 0 Å². The van der Waals surface area contributed by atoms with Crippen molar-refractivity contribution in [3.8, 4) is 5.75 Å². The summed E-state index contributed by atoms with van der Waals surface area (Å²) in [4.78, 5) is 77.7. The number of ether oxygens (including phenoxy) is 1. The lowest BCUT2D eigenvalue weighted by atomic mass is 9.92. The average Bonchev–Trinajstić information content (AvgIpc) is 3.71. The number of anilines is 3. The minimum atomic E-state index is -1.45. The molecule has 1 unspecified atom stereocenters. The standard InChI is InChI=1S/C40H41FN10O6/c41-40(21-49(22-40)25-5-6-27-28(16-25)39(56)51(38(27)55)32-7-8-34(52)47-37(32)54)20-48-13-9-24(10-14-48)44-18-23-15-31(33(17-30(23)42)57-26-3-1-4-26)46-36(53)29-19-45-50-12-2-11-43-35(29)50/h2,5-6,11-12,15-19,24,26,32H,1,3-4,7-10,13-14,20-22,42H2,(H,46,53)(H,47,52,54). The molecule has 4 N–H and O–H groups in total. The molecule has 57 heavy (non-hydrogen) atoms. The molecular weight excluding hydrogens is 736 g/mol. The predicted molar refractivity (Wildman–Crippen MR) is 206 cm³/mol. The number of hydrogen-bond acceptors (Lipinski definition) is 12. The number of rotatable bonds is 10. The fourth-order valence-corrected chi connectivity index (χ4v) is 8.15. The molecule has 4 aromatic rings. The summed E-state index contributed by atoms with van der Waals surface area (Å²) >= 11 is 0. The molecule has 4 fully saturated rings. The van der Waals surface area contributed by atoms with Crippen molar-refractivity contribution in [2.75, 3.05) is 48.7 Å². The SMILES string of the molecule is Nc1cc(OC2CCC2)c(NC(=O)c2cnn3cccnc23)cc1C=NC1CCN(CC2(F)CN(c3ccc4c(c3)C(=O)N(C3CCC(=O)NC3=O)C4=O)C2)CC1. The summed E-state index contributed by atoms with van der Waals surface area (Å²) < 4.78 is 23.7. The third-order valence-electron chi connectivity index (χ3n) is 11.5. The number of nitrogen functional groups attached to an aromatic ring is 1. The van der Waals surface area contributed by atoms with E-state index in [0.717, 1.165) is 37.0 Å². The number of nitrogens with two attached hydrogens (primary N) is 1. The normalized spacial score (nSPS) is 21.5. The summed E-state index contributed by atoms with van der Waals surface area (Å²) in [5, 5.41) is 9.40. The molecule has 6 heterocycles. The molecule has 1 aliphatic carbocycles. The third-order valence-corrected chi connectivity index (χ3v) is 11.5. The van der Waals surface area contributed by atoms with Crippen molar-refractivity contribution in [3.05, 3.63) is 77.2 Å². The summed E-state index contributed by atoms with van der Waals surface area (Å²) in [6.45, 7) is 1.85. The smallest absolute Gasteiger partial charge is 0.262 e. The van der Waals surface area contributed by atoms with Crippen molar-refractivity contribution in [2.24, 2.45) is 4.99 Å². The number of carbonyl (C=O) groups is 5. The minimum absolute atomic E-state index is 0.00861. The number of halogens is 1. The van der Waals surface area contributed by atoms with Crippen LogP contribution >= 0.6 is 0 Å². The molecule has 1 atom stereocenters. The minimum Gasteiger partial charge on any atom is -0.488 e. The Labute approximate surface area is 326 Å². The van der Waals surface area contributed by atoms with E-state index in [1.165, 1.54) is 10.7 Å². The van der Waals surface area contributed by atoms with E-state index >= 15 is 4.39 Å². The molecule has 0 spiro atoms. The van der Waals surface area contributed by atoms with E-state index < -0.39 is 35.3 Å². The van der Waals surface area contributed by atoms with E-state index in [0.29, 0.717) is 52.7 Å². The van der Waals surface area contributed by atoms with Crippen LogP contribution in [0.4, 0.5) is 21.5 Å². The van der Waals surface area contributed by atoms with Gasteiger partial charge in [-0.25, -0.2) is 13.9 Å². The molecule has 3 saturated heterocycles. The number of imide groups is 2. The molecule has 2 aromatic heterocycles. The largest absolute Gasteiger partial charge is 0.488 e. The van der Waals surface area contributed by atoms with Gasteiger partial charge in [-0.3, -0.25) is 44.1 Å². The number of alkyl halides is 1. The Hall–Kier alpha value is -6.23. The van der Waals surface area contributed by atoms with Gasteiger partial charge in [0.2, 0.25) is 11.8 Å². The number of hydrogen-bond donors (Lipinski definition) is 3. The van der Waals surface area contributed by atoms with Gasteiger partial charge in [0.15, 0.2) is 11.3 Å². The van der Waals surface area contributed by atoms with Crippen LogP contribution in [-0.4, -0.2) is 117 Å². The van der Waals surface area contributed by atoms with E-state index in [4.69, 9.17) is 15.5 Å². The van der Waals surface area contributed by atoms with Crippen molar-refractivity contribution >= 4 is 58.5 Å². The van der Waals surface area contributed by atoms with E-state index in [9.17, 15) is 24.0 Å². The molecule has 2 aromatic carbocycles. The highest BCUT2D eigenvalue weighted by Gasteiger charge is 2.48. The van der Waals surface area contributed by atoms with Gasteiger partial charge in [-0.05, 0) is 68.9 Å². The van der Waals surface area contributed by atoms with Gasteiger partial charge in [0, 0.05) is 67.7 Å². The fraction of sp³-hybridized carbons (Fsp3) is 0.400. The highest BCUT2D eigenvalue weighted by molar-refractivity contribution is 6.23. The molecule has 1 saturated carbocycles. The molecule has 294 valence electrons. The van der Waals surface area contributed by atoms with Crippen LogP contribution < -0.4 is 26.0 Å². The van der Waals surface area contributed by atoms with Crippen LogP contribution in [0.15, 0.2) is 60.0 Å². The first-order chi connectivity index (χ1) is 27.5. The Morgan fingerprint density at radius 1 is 1.05 bits per heavy atom. The topological polar surface area (TPSA) is 197 Å². The Morgan fingerprint density at radius 3 is 2.60 bits per heavy atom. The maximum atomic E-state index is 16.0. The Bertz CT molecular complexity index is 2350. The number of nitrogens with zero attached hydrogens (tertiary/aromatic N) is 7. The zero-order valence-electron chi connectivity index (χ0n) is 31.0. The van der Waals surface area contributed by atoms with Crippen molar-refractivity contribution in [3.63, 3.8) is 0 Å². The summed E-state index contributed by atoms with van der Waals surface area (Å²) in [5.41, 5.74) is 8.36. The number of carbonyl (C=O) groups excluding carboxylic acids is 5. The van der Waals surface area contributed by atoms with Crippen molar-refractivity contribution in [1.82, 2.24) is 29.7 Å². The number of aliphatic imine (C=N–C) groups is 1. The van der Waals surface area contributed by atoms with Gasteiger partial charge in [-0.15, -0.1) is 0 Å². The number of amides is 5. The highest BCUT2D eigenvalue weighted by Crippen LogP contribution is 2.37. The van der Waals surface area contributed by atoms with Gasteiger partial charge < -0.3 is 20.7 Å². The predicted octanol–water partition coefficient (Wildman–Crippen LogP) is 3.01. The Morgan fingerprint density at radius 2 is 1.84 bits per heavy atom. The van der Waals surface area contributed by atoms with Gasteiger partial charge in [0.05, 0.1) is 48.2 Å². The molecule has 5 aliphatic rings. The summed E-state index contributed by atoms with van der Waals surface area (Å²) in [6.07, 6.45) is 11.1. The summed E-state index contributed by atoms with van der Waals surface area (Å²) in [7, 11) is 0. The van der Waals surface area contributed by atoms with Gasteiger partial charge in [-0.2, -0.15) is 5.10 Å². The maximum Gasteiger partial charge on any atom is 0.262 e. The Kier molecular flexibility index (Phi) is 9.18. The monoisotopic (exact) mass is 776 g/mol. The molecule has 5 amide bonds. The van der Waals surface area contributed by atoms with Crippen LogP contribution in [0.1, 0.15) is 81.6 Å². The molecule has 4 aliphatic heterocycles. The van der Waals surface area contributed by atoms with Crippen LogP contribution in [0.5, 0.6) is 5.75 Å². The van der Waals surface area contributed by atoms with E-state index in [1.54, 1.807) is 55.0 Å². The van der Waals surface area contributed by atoms with Gasteiger partial charge in [0.25, 0.3) is 17.7 Å². The zero-order valence-corrected chi connectivity index (χ0v) is 31.0. The molecule has 16 nitrogen and oxygen atoms in total. The van der Waals surface area contributed by atoms with Gasteiger partial charge in [0.1, 0.15) is 17.4 Å². The second-order valence-electron chi connectivity index (χ2n) is 15.5. The molecule has 9 rings (SSSR count). The van der Waals surface area contributed by atoms with Crippen LogP contribution in [0.25, 0.3) is 5.65 Å². The lowest BCUT2D eigenvalue weighted by Crippen LogP contribution is -2.64. The Balaban J connectivity index is 0.801. The van der Waals surface area contributed by atoms with Crippen LogP contribution in [0.3, 0.4) is 0 Å². The first-order valence-corrected chi connectivity index (χ1v) is 19.3. The number of piperidine rings is 2. The van der Waals surface area contributed by atoms with Gasteiger partial charge >= 0.3 is 0 Å². The lowest BCUT2D eigenvalue weighted by molar-refractivity contribution is -0.136. The lowest BCUT2D eigenvalue weighted by Gasteiger charge is -2.48. The van der Waals surface area contributed by atoms with E-state index in [1.807, 2.05) is 4.90 Å². The maximum absolute atomic E-state index is 16.0. The van der Waals surface area contributed by atoms with E-state index in [-0.39, 0.29) is 61.7 Å². The molecular formula is C40H41FN10O6. The average molecular weight is 777 g/mol. The highest BCUT2D eigenvalue weighted by atomic mass is 19.1. The van der Waals surface area contributed by atoms with Gasteiger partial charge in [-0.1, -0.05) is 0 Å². The number of benzene rings is 2. The first-order valence-electron chi connectivity index (χ1n) is 19.3. The van der Waals surface area contributed by atoms with Crippen molar-refractivity contribution in [1.29, 1.82) is 0 Å². The number of nitrogens with one attached hydrogen (secondary N) is 2. The molecule has 17 heteroatoms. The summed E-state index contributed by atoms with van der Waals surface area (Å²) in [5.74, 6) is -2.15. The van der Waals surface area contributed by atoms with Crippen LogP contribution in [0, 0.1) is 0 Å². The first kappa shape index (κ1) is 36.4. The number of likely N-dealkylation sites (tertiary alicyclic amines) is 1. The van der Waals surface area contributed by atoms with Crippen molar-refractivity contribution < 1.29 is 33.1 Å².